The SMILES string of the molecule is Cc1c(CCC(=O)NCCO)ccc(OCc2cc(Cl)cc3c2OC(C)(C)C3)c1C. The number of aliphatic hydroxyl groups excluding tert-OH is 1. The molecule has 0 saturated heterocycles. The van der Waals surface area contributed by atoms with Crippen molar-refractivity contribution in [1.29, 1.82) is 0 Å². The molecule has 0 spiro atoms. The van der Waals surface area contributed by atoms with Crippen molar-refractivity contribution in [2.75, 3.05) is 13.2 Å². The molecule has 30 heavy (non-hydrogen) atoms. The van der Waals surface area contributed by atoms with Gasteiger partial charge in [0, 0.05) is 30.0 Å². The summed E-state index contributed by atoms with van der Waals surface area (Å²) in [4.78, 5) is 11.8. The number of benzene rings is 2. The van der Waals surface area contributed by atoms with E-state index in [4.69, 9.17) is 26.2 Å². The zero-order chi connectivity index (χ0) is 21.9. The highest BCUT2D eigenvalue weighted by atomic mass is 35.5. The molecule has 0 atom stereocenters. The average molecular weight is 432 g/mol. The van der Waals surface area contributed by atoms with Crippen LogP contribution in [0.5, 0.6) is 11.5 Å². The molecule has 0 radical (unpaired) electrons. The predicted octanol–water partition coefficient (Wildman–Crippen LogP) is 4.29. The first kappa shape index (κ1) is 22.4. The number of hydrogen-bond acceptors (Lipinski definition) is 4. The zero-order valence-electron chi connectivity index (χ0n) is 18.1. The molecule has 3 rings (SSSR count). The second-order valence-corrected chi connectivity index (χ2v) is 8.86. The number of aliphatic hydroxyl groups is 1. The number of carbonyl (C=O) groups is 1. The number of nitrogens with one attached hydrogen (secondary N) is 1. The smallest absolute Gasteiger partial charge is 0.220 e. The Labute approximate surface area is 183 Å². The van der Waals surface area contributed by atoms with Gasteiger partial charge in [-0.2, -0.15) is 0 Å². The van der Waals surface area contributed by atoms with Crippen LogP contribution in [0.3, 0.4) is 0 Å². The van der Waals surface area contributed by atoms with Crippen LogP contribution in [0.15, 0.2) is 24.3 Å². The van der Waals surface area contributed by atoms with Gasteiger partial charge in [0.2, 0.25) is 5.91 Å². The van der Waals surface area contributed by atoms with Gasteiger partial charge >= 0.3 is 0 Å². The van der Waals surface area contributed by atoms with Gasteiger partial charge in [0.15, 0.2) is 0 Å². The maximum absolute atomic E-state index is 11.8. The van der Waals surface area contributed by atoms with E-state index in [2.05, 4.69) is 19.2 Å². The fourth-order valence-electron chi connectivity index (χ4n) is 3.82. The Morgan fingerprint density at radius 3 is 2.73 bits per heavy atom. The van der Waals surface area contributed by atoms with Gasteiger partial charge in [0.05, 0.1) is 6.61 Å². The fourth-order valence-corrected chi connectivity index (χ4v) is 4.08. The standard InChI is InChI=1S/C24H30ClNO4/c1-15-16(2)21(7-5-17(15)6-8-22(28)26-9-10-27)29-14-19-12-20(25)11-18-13-24(3,4)30-23(18)19/h5,7,11-12,27H,6,8-10,13-14H2,1-4H3,(H,26,28). The number of hydrogen-bond donors (Lipinski definition) is 2. The Morgan fingerprint density at radius 2 is 2.00 bits per heavy atom. The first-order valence-corrected chi connectivity index (χ1v) is 10.7. The van der Waals surface area contributed by atoms with Gasteiger partial charge in [-0.1, -0.05) is 17.7 Å². The number of halogens is 1. The third kappa shape index (κ3) is 5.27. The molecule has 0 unspecified atom stereocenters. The third-order valence-electron chi connectivity index (χ3n) is 5.49. The van der Waals surface area contributed by atoms with E-state index in [1.54, 1.807) is 0 Å². The topological polar surface area (TPSA) is 67.8 Å². The van der Waals surface area contributed by atoms with Gasteiger partial charge < -0.3 is 19.9 Å². The molecule has 5 nitrogen and oxygen atoms in total. The summed E-state index contributed by atoms with van der Waals surface area (Å²) in [7, 11) is 0. The minimum atomic E-state index is -0.237. The Hall–Kier alpha value is -2.24. The maximum Gasteiger partial charge on any atom is 0.220 e. The van der Waals surface area contributed by atoms with Crippen molar-refractivity contribution in [3.05, 3.63) is 57.1 Å². The third-order valence-corrected chi connectivity index (χ3v) is 5.71. The van der Waals surface area contributed by atoms with E-state index in [1.165, 1.54) is 0 Å². The summed E-state index contributed by atoms with van der Waals surface area (Å²) >= 11 is 6.32. The molecule has 0 saturated carbocycles. The van der Waals surface area contributed by atoms with Gasteiger partial charge in [-0.25, -0.2) is 0 Å². The van der Waals surface area contributed by atoms with Crippen LogP contribution in [0.25, 0.3) is 0 Å². The zero-order valence-corrected chi connectivity index (χ0v) is 18.9. The molecule has 162 valence electrons. The molecule has 0 aromatic heterocycles. The molecule has 1 aliphatic heterocycles. The van der Waals surface area contributed by atoms with Crippen LogP contribution < -0.4 is 14.8 Å². The first-order valence-electron chi connectivity index (χ1n) is 10.3. The highest BCUT2D eigenvalue weighted by molar-refractivity contribution is 6.30. The number of rotatable bonds is 8. The van der Waals surface area contributed by atoms with Crippen molar-refractivity contribution in [1.82, 2.24) is 5.32 Å². The van der Waals surface area contributed by atoms with Gasteiger partial charge in [-0.15, -0.1) is 0 Å². The molecule has 1 amide bonds. The monoisotopic (exact) mass is 431 g/mol. The molecular formula is C24H30ClNO4. The van der Waals surface area contributed by atoms with Crippen LogP contribution in [0.4, 0.5) is 0 Å². The van der Waals surface area contributed by atoms with E-state index in [0.717, 1.165) is 45.7 Å². The van der Waals surface area contributed by atoms with E-state index in [9.17, 15) is 4.79 Å². The maximum atomic E-state index is 11.8. The molecule has 0 aliphatic carbocycles. The lowest BCUT2D eigenvalue weighted by atomic mass is 9.98. The van der Waals surface area contributed by atoms with Gasteiger partial charge in [-0.05, 0) is 74.6 Å². The number of carbonyl (C=O) groups excluding carboxylic acids is 1. The molecule has 2 aromatic carbocycles. The molecule has 2 N–H and O–H groups in total. The molecule has 0 bridgehead atoms. The van der Waals surface area contributed by atoms with Crippen LogP contribution in [0.2, 0.25) is 5.02 Å². The van der Waals surface area contributed by atoms with E-state index >= 15 is 0 Å². The summed E-state index contributed by atoms with van der Waals surface area (Å²) < 4.78 is 12.3. The largest absolute Gasteiger partial charge is 0.488 e. The highest BCUT2D eigenvalue weighted by Gasteiger charge is 2.32. The summed E-state index contributed by atoms with van der Waals surface area (Å²) in [6, 6.07) is 7.84. The van der Waals surface area contributed by atoms with Crippen LogP contribution >= 0.6 is 11.6 Å². The second kappa shape index (κ2) is 9.27. The Bertz CT molecular complexity index is 939. The first-order chi connectivity index (χ1) is 14.2. The van der Waals surface area contributed by atoms with Gasteiger partial charge in [0.1, 0.15) is 23.7 Å². The van der Waals surface area contributed by atoms with Crippen LogP contribution in [-0.2, 0) is 24.2 Å². The van der Waals surface area contributed by atoms with Crippen molar-refractivity contribution in [3.63, 3.8) is 0 Å². The average Bonchev–Trinajstić information content (AvgIpc) is 3.00. The molecule has 1 heterocycles. The van der Waals surface area contributed by atoms with Crippen molar-refractivity contribution >= 4 is 17.5 Å². The molecule has 0 fully saturated rings. The van der Waals surface area contributed by atoms with Crippen molar-refractivity contribution < 1.29 is 19.4 Å². The summed E-state index contributed by atoms with van der Waals surface area (Å²) in [5.41, 5.74) is 5.13. The van der Waals surface area contributed by atoms with E-state index < -0.39 is 0 Å². The number of amides is 1. The Morgan fingerprint density at radius 1 is 1.23 bits per heavy atom. The van der Waals surface area contributed by atoms with E-state index in [-0.39, 0.29) is 24.7 Å². The number of ether oxygens (including phenoxy) is 2. The lowest BCUT2D eigenvalue weighted by molar-refractivity contribution is -0.121. The predicted molar refractivity (Wildman–Crippen MR) is 119 cm³/mol. The molecule has 2 aromatic rings. The summed E-state index contributed by atoms with van der Waals surface area (Å²) in [6.07, 6.45) is 1.87. The molecule has 1 aliphatic rings. The number of fused-ring (bicyclic) bond motifs is 1. The lowest BCUT2D eigenvalue weighted by Gasteiger charge is -2.19. The lowest BCUT2D eigenvalue weighted by Crippen LogP contribution is -2.26. The summed E-state index contributed by atoms with van der Waals surface area (Å²) in [5.74, 6) is 1.63. The summed E-state index contributed by atoms with van der Waals surface area (Å²) in [5, 5.41) is 12.2. The molecule has 6 heteroatoms. The quantitative estimate of drug-likeness (QED) is 0.654. The normalized spacial score (nSPS) is 14.2. The van der Waals surface area contributed by atoms with Gasteiger partial charge in [-0.3, -0.25) is 4.79 Å². The van der Waals surface area contributed by atoms with Crippen LogP contribution in [0.1, 0.15) is 48.1 Å². The van der Waals surface area contributed by atoms with E-state index in [1.807, 2.05) is 38.1 Å². The Balaban J connectivity index is 1.69. The second-order valence-electron chi connectivity index (χ2n) is 8.43. The molecular weight excluding hydrogens is 402 g/mol. The van der Waals surface area contributed by atoms with Gasteiger partial charge in [0.25, 0.3) is 0 Å². The van der Waals surface area contributed by atoms with Crippen LogP contribution in [0, 0.1) is 13.8 Å². The van der Waals surface area contributed by atoms with E-state index in [0.29, 0.717) is 24.5 Å². The highest BCUT2D eigenvalue weighted by Crippen LogP contribution is 2.40. The van der Waals surface area contributed by atoms with Crippen LogP contribution in [-0.4, -0.2) is 29.8 Å². The van der Waals surface area contributed by atoms with Crippen molar-refractivity contribution in [3.8, 4) is 11.5 Å². The summed E-state index contributed by atoms with van der Waals surface area (Å²) in [6.45, 7) is 8.84. The fraction of sp³-hybridized carbons (Fsp3) is 0.458. The minimum absolute atomic E-state index is 0.0473. The van der Waals surface area contributed by atoms with Crippen molar-refractivity contribution in [2.45, 2.75) is 59.2 Å². The van der Waals surface area contributed by atoms with Crippen molar-refractivity contribution in [2.24, 2.45) is 0 Å². The number of aryl methyl sites for hydroxylation is 1. The Kier molecular flexibility index (Phi) is 6.94. The minimum Gasteiger partial charge on any atom is -0.488 e.